The molecule has 5 nitrogen and oxygen atoms in total. The van der Waals surface area contributed by atoms with Crippen molar-refractivity contribution in [3.8, 4) is 11.8 Å². The molecule has 0 aromatic carbocycles. The quantitative estimate of drug-likeness (QED) is 0.864. The molecule has 0 bridgehead atoms. The van der Waals surface area contributed by atoms with Crippen LogP contribution in [0.5, 0.6) is 5.75 Å². The Hall–Kier alpha value is -2.61. The van der Waals surface area contributed by atoms with Crippen LogP contribution in [0.1, 0.15) is 18.4 Å². The van der Waals surface area contributed by atoms with Crippen LogP contribution >= 0.6 is 0 Å². The van der Waals surface area contributed by atoms with E-state index in [-0.39, 0.29) is 6.10 Å². The highest BCUT2D eigenvalue weighted by molar-refractivity contribution is 5.42. The zero-order chi connectivity index (χ0) is 14.5. The summed E-state index contributed by atoms with van der Waals surface area (Å²) in [6.07, 6.45) is 7.31. The normalized spacial score (nSPS) is 18.0. The van der Waals surface area contributed by atoms with Crippen LogP contribution in [0.3, 0.4) is 0 Å². The van der Waals surface area contributed by atoms with Gasteiger partial charge >= 0.3 is 0 Å². The summed E-state index contributed by atoms with van der Waals surface area (Å²) in [6.45, 7) is 1.76. The van der Waals surface area contributed by atoms with Crippen LogP contribution in [0.4, 0.5) is 5.82 Å². The molecule has 3 heterocycles. The second kappa shape index (κ2) is 6.23. The first-order valence-corrected chi connectivity index (χ1v) is 7.03. The van der Waals surface area contributed by atoms with Gasteiger partial charge in [-0.15, -0.1) is 0 Å². The molecule has 0 amide bonds. The van der Waals surface area contributed by atoms with Gasteiger partial charge in [0.2, 0.25) is 0 Å². The highest BCUT2D eigenvalue weighted by atomic mass is 16.5. The lowest BCUT2D eigenvalue weighted by atomic mass is 10.1. The number of hydrogen-bond acceptors (Lipinski definition) is 5. The van der Waals surface area contributed by atoms with Crippen molar-refractivity contribution in [1.82, 2.24) is 9.97 Å². The molecule has 3 rings (SSSR count). The average Bonchev–Trinajstić information content (AvgIpc) is 2.56. The first-order valence-electron chi connectivity index (χ1n) is 7.03. The van der Waals surface area contributed by atoms with E-state index in [4.69, 9.17) is 10.00 Å². The summed E-state index contributed by atoms with van der Waals surface area (Å²) in [6, 6.07) is 9.57. The predicted molar refractivity (Wildman–Crippen MR) is 79.1 cm³/mol. The fraction of sp³-hybridized carbons (Fsp3) is 0.312. The van der Waals surface area contributed by atoms with Gasteiger partial charge in [0.1, 0.15) is 23.7 Å². The number of ether oxygens (including phenoxy) is 1. The highest BCUT2D eigenvalue weighted by Crippen LogP contribution is 2.21. The maximum Gasteiger partial charge on any atom is 0.138 e. The smallest absolute Gasteiger partial charge is 0.138 e. The molecule has 0 aliphatic carbocycles. The van der Waals surface area contributed by atoms with Crippen LogP contribution in [0.2, 0.25) is 0 Å². The minimum absolute atomic E-state index is 0.139. The molecule has 0 N–H and O–H groups in total. The Morgan fingerprint density at radius 3 is 2.95 bits per heavy atom. The van der Waals surface area contributed by atoms with E-state index in [1.165, 1.54) is 0 Å². The van der Waals surface area contributed by atoms with E-state index < -0.39 is 0 Å². The lowest BCUT2D eigenvalue weighted by Crippen LogP contribution is -2.41. The van der Waals surface area contributed by atoms with E-state index in [0.717, 1.165) is 37.5 Å². The molecule has 1 unspecified atom stereocenters. The average molecular weight is 280 g/mol. The maximum absolute atomic E-state index is 8.82. The summed E-state index contributed by atoms with van der Waals surface area (Å²) in [4.78, 5) is 10.6. The number of aromatic nitrogens is 2. The van der Waals surface area contributed by atoms with Crippen molar-refractivity contribution in [2.45, 2.75) is 18.9 Å². The molecule has 1 atom stereocenters. The van der Waals surface area contributed by atoms with Crippen molar-refractivity contribution in [1.29, 1.82) is 5.26 Å². The van der Waals surface area contributed by atoms with Gasteiger partial charge in [-0.1, -0.05) is 0 Å². The third-order valence-corrected chi connectivity index (χ3v) is 3.52. The van der Waals surface area contributed by atoms with Crippen molar-refractivity contribution in [3.63, 3.8) is 0 Å². The molecule has 1 aliphatic heterocycles. The van der Waals surface area contributed by atoms with E-state index in [0.29, 0.717) is 5.56 Å². The molecular weight excluding hydrogens is 264 g/mol. The van der Waals surface area contributed by atoms with Crippen LogP contribution in [0, 0.1) is 11.3 Å². The summed E-state index contributed by atoms with van der Waals surface area (Å²) in [7, 11) is 0. The maximum atomic E-state index is 8.82. The van der Waals surface area contributed by atoms with Crippen LogP contribution in [0.15, 0.2) is 42.9 Å². The predicted octanol–water partition coefficient (Wildman–Crippen LogP) is 2.40. The molecule has 5 heteroatoms. The summed E-state index contributed by atoms with van der Waals surface area (Å²) in [5, 5.41) is 8.82. The molecule has 2 aromatic heterocycles. The largest absolute Gasteiger partial charge is 0.487 e. The Kier molecular flexibility index (Phi) is 3.97. The van der Waals surface area contributed by atoms with Gasteiger partial charge in [-0.3, -0.25) is 4.98 Å². The summed E-state index contributed by atoms with van der Waals surface area (Å²) in [5.41, 5.74) is 0.582. The van der Waals surface area contributed by atoms with Gasteiger partial charge in [-0.05, 0) is 37.1 Å². The molecule has 106 valence electrons. The van der Waals surface area contributed by atoms with Crippen molar-refractivity contribution in [2.24, 2.45) is 0 Å². The second-order valence-corrected chi connectivity index (χ2v) is 5.03. The zero-order valence-electron chi connectivity index (χ0n) is 11.6. The van der Waals surface area contributed by atoms with Crippen molar-refractivity contribution in [2.75, 3.05) is 18.0 Å². The number of nitriles is 1. The molecule has 0 radical (unpaired) electrons. The Bertz CT molecular complexity index is 621. The molecule has 1 aliphatic rings. The number of anilines is 1. The number of piperidine rings is 1. The Morgan fingerprint density at radius 2 is 2.24 bits per heavy atom. The van der Waals surface area contributed by atoms with Gasteiger partial charge in [0, 0.05) is 18.9 Å². The van der Waals surface area contributed by atoms with Crippen molar-refractivity contribution < 1.29 is 4.74 Å². The molecule has 2 aromatic rings. The van der Waals surface area contributed by atoms with Gasteiger partial charge in [0.25, 0.3) is 0 Å². The van der Waals surface area contributed by atoms with Gasteiger partial charge < -0.3 is 9.64 Å². The molecule has 21 heavy (non-hydrogen) atoms. The van der Waals surface area contributed by atoms with Gasteiger partial charge in [-0.25, -0.2) is 4.98 Å². The highest BCUT2D eigenvalue weighted by Gasteiger charge is 2.22. The Morgan fingerprint density at radius 1 is 1.29 bits per heavy atom. The fourth-order valence-electron chi connectivity index (χ4n) is 2.49. The molecule has 0 saturated carbocycles. The first-order chi connectivity index (χ1) is 10.3. The van der Waals surface area contributed by atoms with E-state index in [2.05, 4.69) is 20.9 Å². The van der Waals surface area contributed by atoms with Crippen LogP contribution in [0.25, 0.3) is 0 Å². The van der Waals surface area contributed by atoms with Gasteiger partial charge in [-0.2, -0.15) is 5.26 Å². The number of hydrogen-bond donors (Lipinski definition) is 0. The second-order valence-electron chi connectivity index (χ2n) is 5.03. The minimum atomic E-state index is 0.139. The molecular formula is C16H16N4O. The Balaban J connectivity index is 1.66. The zero-order valence-corrected chi connectivity index (χ0v) is 11.6. The van der Waals surface area contributed by atoms with Crippen molar-refractivity contribution in [3.05, 3.63) is 48.4 Å². The lowest BCUT2D eigenvalue weighted by molar-refractivity contribution is 0.178. The summed E-state index contributed by atoms with van der Waals surface area (Å²) >= 11 is 0. The standard InChI is InChI=1S/C16H16N4O/c17-9-13-5-6-16(19-10-13)20-8-2-4-15(12-20)21-14-3-1-7-18-11-14/h1,3,5-7,10-11,15H,2,4,8,12H2. The van der Waals surface area contributed by atoms with E-state index in [9.17, 15) is 0 Å². The minimum Gasteiger partial charge on any atom is -0.487 e. The molecule has 1 saturated heterocycles. The number of nitrogens with zero attached hydrogens (tertiary/aromatic N) is 4. The number of rotatable bonds is 3. The number of pyridine rings is 2. The SMILES string of the molecule is N#Cc1ccc(N2CCCC(Oc3cccnc3)C2)nc1. The molecule has 1 fully saturated rings. The van der Waals surface area contributed by atoms with E-state index >= 15 is 0 Å². The first kappa shape index (κ1) is 13.4. The van der Waals surface area contributed by atoms with Gasteiger partial charge in [0.15, 0.2) is 0 Å². The van der Waals surface area contributed by atoms with Crippen LogP contribution in [-0.4, -0.2) is 29.2 Å². The van der Waals surface area contributed by atoms with Crippen LogP contribution < -0.4 is 9.64 Å². The third kappa shape index (κ3) is 3.29. The van der Waals surface area contributed by atoms with Crippen LogP contribution in [-0.2, 0) is 0 Å². The lowest BCUT2D eigenvalue weighted by Gasteiger charge is -2.33. The van der Waals surface area contributed by atoms with E-state index in [1.54, 1.807) is 24.7 Å². The molecule has 0 spiro atoms. The summed E-state index contributed by atoms with van der Waals surface area (Å²) < 4.78 is 5.97. The van der Waals surface area contributed by atoms with E-state index in [1.807, 2.05) is 18.2 Å². The van der Waals surface area contributed by atoms with Gasteiger partial charge in [0.05, 0.1) is 18.3 Å². The van der Waals surface area contributed by atoms with Crippen molar-refractivity contribution >= 4 is 5.82 Å². The summed E-state index contributed by atoms with van der Waals surface area (Å²) in [5.74, 6) is 1.70. The third-order valence-electron chi connectivity index (χ3n) is 3.52. The topological polar surface area (TPSA) is 62.0 Å². The monoisotopic (exact) mass is 280 g/mol. The Labute approximate surface area is 123 Å². The fourth-order valence-corrected chi connectivity index (χ4v) is 2.49.